The Morgan fingerprint density at radius 2 is 0.962 bits per heavy atom. The molecule has 0 saturated carbocycles. The molecule has 0 aliphatic carbocycles. The summed E-state index contributed by atoms with van der Waals surface area (Å²) in [7, 11) is 2.23. The molecule has 0 heterocycles. The largest absolute Gasteiger partial charge is 0.0679 e. The first kappa shape index (κ1) is 21.8. The van der Waals surface area contributed by atoms with Crippen molar-refractivity contribution < 1.29 is 0 Å². The number of hydrogen-bond donors (Lipinski definition) is 0. The first-order valence-corrected chi connectivity index (χ1v) is 16.4. The van der Waals surface area contributed by atoms with Crippen LogP contribution in [0.2, 0.25) is 0 Å². The summed E-state index contributed by atoms with van der Waals surface area (Å²) >= 11 is 7.30. The second-order valence-electron chi connectivity index (χ2n) is 6.27. The van der Waals surface area contributed by atoms with Crippen LogP contribution in [0.25, 0.3) is 0 Å². The predicted octanol–water partition coefficient (Wildman–Crippen LogP) is 6.80. The molecule has 26 heavy (non-hydrogen) atoms. The van der Waals surface area contributed by atoms with Gasteiger partial charge in [0, 0.05) is 0 Å². The van der Waals surface area contributed by atoms with Gasteiger partial charge in [-0.1, -0.05) is 23.4 Å². The van der Waals surface area contributed by atoms with E-state index in [1.807, 2.05) is 0 Å². The third-order valence-corrected chi connectivity index (χ3v) is 14.8. The minimum atomic E-state index is -2.64. The van der Waals surface area contributed by atoms with Crippen LogP contribution in [0.1, 0.15) is 19.8 Å². The van der Waals surface area contributed by atoms with Crippen molar-refractivity contribution in [2.24, 2.45) is 0 Å². The summed E-state index contributed by atoms with van der Waals surface area (Å²) in [6.07, 6.45) is 3.53. The van der Waals surface area contributed by atoms with E-state index >= 15 is 0 Å². The van der Waals surface area contributed by atoms with Gasteiger partial charge in [0.25, 0.3) is 0 Å². The smallest absolute Gasteiger partial charge is 0.0652 e. The van der Waals surface area contributed by atoms with Crippen LogP contribution in [0, 0.1) is 0 Å². The number of unbranched alkanes of at least 4 members (excludes halogenated alkanes) is 1. The molecule has 3 aromatic rings. The molecule has 1 unspecified atom stereocenters. The number of benzene rings is 3. The van der Waals surface area contributed by atoms with Crippen molar-refractivity contribution in [3.05, 3.63) is 91.0 Å². The Morgan fingerprint density at radius 3 is 1.23 bits per heavy atom. The molecule has 0 radical (unpaired) electrons. The van der Waals surface area contributed by atoms with E-state index in [0.29, 0.717) is 0 Å². The summed E-state index contributed by atoms with van der Waals surface area (Å²) in [6, 6.07) is 33.1. The predicted molar refractivity (Wildman–Crippen MR) is 132 cm³/mol. The molecule has 0 aromatic heterocycles. The molecule has 0 N–H and O–H groups in total. The first-order chi connectivity index (χ1) is 12.7. The average Bonchev–Trinajstić information content (AvgIpc) is 2.75. The van der Waals surface area contributed by atoms with Crippen LogP contribution in [-0.4, -0.2) is 6.16 Å². The Kier molecular flexibility index (Phi) is 8.49. The summed E-state index contributed by atoms with van der Waals surface area (Å²) in [4.78, 5) is 0. The molecular formula is C22H26Br2P2. The SMILES string of the molecule is CCCCP(Br)(c1ccccc1)(c1ccccc1)c1ccccc1.PBr. The van der Waals surface area contributed by atoms with Gasteiger partial charge in [-0.15, -0.1) is 0 Å². The minimum Gasteiger partial charge on any atom is -0.0679 e. The van der Waals surface area contributed by atoms with Crippen LogP contribution in [0.4, 0.5) is 0 Å². The first-order valence-electron chi connectivity index (χ1n) is 8.81. The van der Waals surface area contributed by atoms with Gasteiger partial charge < -0.3 is 0 Å². The molecule has 0 saturated heterocycles. The second-order valence-corrected chi connectivity index (χ2v) is 15.3. The van der Waals surface area contributed by atoms with Crippen molar-refractivity contribution in [1.29, 1.82) is 0 Å². The summed E-state index contributed by atoms with van der Waals surface area (Å²) in [6.45, 7) is 2.27. The molecule has 0 nitrogen and oxygen atoms in total. The van der Waals surface area contributed by atoms with Crippen LogP contribution in [0.15, 0.2) is 91.0 Å². The van der Waals surface area contributed by atoms with E-state index in [9.17, 15) is 0 Å². The summed E-state index contributed by atoms with van der Waals surface area (Å²) < 4.78 is 0. The van der Waals surface area contributed by atoms with E-state index in [-0.39, 0.29) is 0 Å². The second kappa shape index (κ2) is 10.1. The van der Waals surface area contributed by atoms with Crippen molar-refractivity contribution in [1.82, 2.24) is 0 Å². The molecule has 0 aliphatic heterocycles. The zero-order valence-electron chi connectivity index (χ0n) is 15.1. The molecule has 0 bridgehead atoms. The maximum absolute atomic E-state index is 4.45. The standard InChI is InChI=1S/C22H24BrP.BrH2P/c1-2-3-19-24(23,20-13-7-4-8-14-20,21-15-9-5-10-16-21)22-17-11-6-12-18-22;1-2/h4-18H,2-3,19H2,1H3;2H2. The fourth-order valence-corrected chi connectivity index (χ4v) is 11.3. The summed E-state index contributed by atoms with van der Waals surface area (Å²) in [5.41, 5.74) is 0. The molecule has 0 amide bonds. The number of hydrogen-bond acceptors (Lipinski definition) is 0. The molecule has 1 atom stereocenters. The molecule has 4 heteroatoms. The normalized spacial score (nSPS) is 12.4. The van der Waals surface area contributed by atoms with E-state index in [1.165, 1.54) is 28.8 Å². The molecule has 0 aliphatic rings. The van der Waals surface area contributed by atoms with Crippen molar-refractivity contribution in [3.63, 3.8) is 0 Å². The van der Waals surface area contributed by atoms with E-state index in [1.54, 1.807) is 0 Å². The topological polar surface area (TPSA) is 0 Å². The Bertz CT molecular complexity index is 678. The van der Waals surface area contributed by atoms with Crippen molar-refractivity contribution >= 4 is 60.1 Å². The van der Waals surface area contributed by atoms with Gasteiger partial charge in [0.2, 0.25) is 0 Å². The molecule has 3 rings (SSSR count). The fourth-order valence-electron chi connectivity index (χ4n) is 3.51. The fraction of sp³-hybridized carbons (Fsp3) is 0.182. The van der Waals surface area contributed by atoms with Crippen LogP contribution in [-0.2, 0) is 0 Å². The summed E-state index contributed by atoms with van der Waals surface area (Å²) in [5.74, 6) is 0. The Hall–Kier alpha value is -0.520. The maximum atomic E-state index is 4.45. The van der Waals surface area contributed by atoms with Crippen molar-refractivity contribution in [3.8, 4) is 0 Å². The van der Waals surface area contributed by atoms with E-state index in [4.69, 9.17) is 0 Å². The Morgan fingerprint density at radius 1 is 0.654 bits per heavy atom. The molecular weight excluding hydrogens is 486 g/mol. The zero-order valence-corrected chi connectivity index (χ0v) is 20.3. The van der Waals surface area contributed by atoms with Gasteiger partial charge in [-0.05, 0) is 0 Å². The van der Waals surface area contributed by atoms with E-state index in [2.05, 4.69) is 137 Å². The quantitative estimate of drug-likeness (QED) is 0.319. The van der Waals surface area contributed by atoms with Gasteiger partial charge in [0.15, 0.2) is 0 Å². The number of rotatable bonds is 6. The van der Waals surface area contributed by atoms with Gasteiger partial charge in [-0.2, -0.15) is 0 Å². The van der Waals surface area contributed by atoms with Gasteiger partial charge in [0.05, 0.1) is 0 Å². The van der Waals surface area contributed by atoms with Gasteiger partial charge in [-0.3, -0.25) is 0 Å². The average molecular weight is 512 g/mol. The van der Waals surface area contributed by atoms with Crippen molar-refractivity contribution in [2.75, 3.05) is 6.16 Å². The van der Waals surface area contributed by atoms with Crippen LogP contribution < -0.4 is 15.9 Å². The van der Waals surface area contributed by atoms with E-state index in [0.717, 1.165) is 6.16 Å². The Balaban J connectivity index is 0.00000117. The van der Waals surface area contributed by atoms with Crippen LogP contribution >= 0.6 is 44.2 Å². The van der Waals surface area contributed by atoms with Gasteiger partial charge in [-0.25, -0.2) is 0 Å². The van der Waals surface area contributed by atoms with Crippen molar-refractivity contribution in [2.45, 2.75) is 19.8 Å². The Labute approximate surface area is 176 Å². The van der Waals surface area contributed by atoms with Crippen LogP contribution in [0.3, 0.4) is 0 Å². The summed E-state index contributed by atoms with van der Waals surface area (Å²) in [5, 5.41) is 1.59. The van der Waals surface area contributed by atoms with Crippen LogP contribution in [0.5, 0.6) is 0 Å². The number of halogens is 2. The maximum Gasteiger partial charge on any atom is -0.0652 e. The van der Waals surface area contributed by atoms with Gasteiger partial charge >= 0.3 is 154 Å². The monoisotopic (exact) mass is 510 g/mol. The molecule has 138 valence electrons. The third-order valence-electron chi connectivity index (χ3n) is 4.82. The molecule has 0 spiro atoms. The molecule has 0 fully saturated rings. The minimum absolute atomic E-state index is 1.14. The zero-order chi connectivity index (χ0) is 18.9. The van der Waals surface area contributed by atoms with E-state index < -0.39 is 5.31 Å². The van der Waals surface area contributed by atoms with Gasteiger partial charge in [0.1, 0.15) is 0 Å². The third kappa shape index (κ3) is 4.15. The molecule has 3 aromatic carbocycles.